The molecule has 0 radical (unpaired) electrons. The Morgan fingerprint density at radius 2 is 2.04 bits per heavy atom. The molecule has 10 heteroatoms. The molecule has 0 aliphatic rings. The van der Waals surface area contributed by atoms with E-state index < -0.39 is 30.4 Å². The minimum atomic E-state index is -5.13. The summed E-state index contributed by atoms with van der Waals surface area (Å²) in [6.45, 7) is -0.0574. The molecule has 0 saturated heterocycles. The number of nitrogens with one attached hydrogen (secondary N) is 1. The predicted molar refractivity (Wildman–Crippen MR) is 80.6 cm³/mol. The number of halogens is 4. The molecular formula is C13H15ClF3NO4S. The number of hydrogen-bond donors (Lipinski definition) is 4. The molecule has 1 rings (SSSR count). The van der Waals surface area contributed by atoms with E-state index in [9.17, 15) is 28.2 Å². The largest absolute Gasteiger partial charge is 0.426 e. The van der Waals surface area contributed by atoms with Crippen molar-refractivity contribution < 1.29 is 33.3 Å². The molecule has 0 aliphatic carbocycles. The fourth-order valence-corrected chi connectivity index (χ4v) is 2.45. The van der Waals surface area contributed by atoms with Crippen LogP contribution in [0.25, 0.3) is 0 Å². The number of alkyl halides is 3. The second-order valence-corrected chi connectivity index (χ2v) is 6.31. The number of benzene rings is 1. The van der Waals surface area contributed by atoms with Crippen molar-refractivity contribution >= 4 is 35.0 Å². The summed E-state index contributed by atoms with van der Waals surface area (Å²) in [5.74, 6) is -1.45. The molecule has 0 bridgehead atoms. The van der Waals surface area contributed by atoms with Gasteiger partial charge in [-0.2, -0.15) is 13.2 Å². The zero-order valence-electron chi connectivity index (χ0n) is 11.9. The van der Waals surface area contributed by atoms with Gasteiger partial charge in [0.25, 0.3) is 5.91 Å². The van der Waals surface area contributed by atoms with Gasteiger partial charge >= 0.3 is 6.18 Å². The molecule has 1 aromatic carbocycles. The van der Waals surface area contributed by atoms with Gasteiger partial charge in [0, 0.05) is 10.6 Å². The summed E-state index contributed by atoms with van der Waals surface area (Å²) < 4.78 is 37.7. The highest BCUT2D eigenvalue weighted by Crippen LogP contribution is 2.33. The first-order valence-electron chi connectivity index (χ1n) is 6.31. The molecule has 0 fully saturated rings. The predicted octanol–water partition coefficient (Wildman–Crippen LogP) is 2.04. The van der Waals surface area contributed by atoms with Crippen LogP contribution in [0.3, 0.4) is 0 Å². The second-order valence-electron chi connectivity index (χ2n) is 4.81. The first-order chi connectivity index (χ1) is 10.5. The highest BCUT2D eigenvalue weighted by Gasteiger charge is 2.55. The van der Waals surface area contributed by atoms with Crippen molar-refractivity contribution in [2.75, 3.05) is 17.7 Å². The molecule has 0 saturated carbocycles. The van der Waals surface area contributed by atoms with Crippen molar-refractivity contribution in [1.29, 1.82) is 0 Å². The SMILES string of the molecule is CC(O)(C(=O)Nc1ccc(SCC(O)CO)cc1Cl)C(F)(F)F. The van der Waals surface area contributed by atoms with E-state index in [1.807, 2.05) is 5.32 Å². The molecule has 0 aromatic heterocycles. The number of rotatable bonds is 6. The number of aliphatic hydroxyl groups excluding tert-OH is 2. The van der Waals surface area contributed by atoms with E-state index in [2.05, 4.69) is 0 Å². The highest BCUT2D eigenvalue weighted by molar-refractivity contribution is 7.99. The number of anilines is 1. The minimum Gasteiger partial charge on any atom is -0.394 e. The fraction of sp³-hybridized carbons (Fsp3) is 0.462. The van der Waals surface area contributed by atoms with Crippen LogP contribution in [0.15, 0.2) is 23.1 Å². The first-order valence-corrected chi connectivity index (χ1v) is 7.67. The van der Waals surface area contributed by atoms with E-state index in [0.717, 1.165) is 0 Å². The molecule has 2 atom stereocenters. The lowest BCUT2D eigenvalue weighted by atomic mass is 10.1. The Morgan fingerprint density at radius 3 is 2.52 bits per heavy atom. The normalized spacial score (nSPS) is 15.8. The molecule has 23 heavy (non-hydrogen) atoms. The van der Waals surface area contributed by atoms with E-state index in [0.29, 0.717) is 11.8 Å². The molecule has 0 heterocycles. The van der Waals surface area contributed by atoms with Crippen molar-refractivity contribution in [3.05, 3.63) is 23.2 Å². The minimum absolute atomic E-state index is 0.0280. The Kier molecular flexibility index (Phi) is 6.72. The Hall–Kier alpha value is -1.00. The van der Waals surface area contributed by atoms with E-state index in [1.54, 1.807) is 0 Å². The van der Waals surface area contributed by atoms with Gasteiger partial charge in [0.2, 0.25) is 5.60 Å². The maximum absolute atomic E-state index is 12.6. The third kappa shape index (κ3) is 5.25. The number of aliphatic hydroxyl groups is 3. The molecule has 0 aliphatic heterocycles. The summed E-state index contributed by atoms with van der Waals surface area (Å²) in [5.41, 5.74) is -3.64. The van der Waals surface area contributed by atoms with Crippen molar-refractivity contribution in [3.63, 3.8) is 0 Å². The van der Waals surface area contributed by atoms with E-state index in [1.165, 1.54) is 30.0 Å². The van der Waals surface area contributed by atoms with Crippen LogP contribution < -0.4 is 5.32 Å². The van der Waals surface area contributed by atoms with E-state index in [-0.39, 0.29) is 16.5 Å². The number of carbonyl (C=O) groups is 1. The lowest BCUT2D eigenvalue weighted by Gasteiger charge is -2.25. The Morgan fingerprint density at radius 1 is 1.43 bits per heavy atom. The van der Waals surface area contributed by atoms with Crippen LogP contribution in [-0.2, 0) is 4.79 Å². The van der Waals surface area contributed by atoms with Gasteiger partial charge in [-0.3, -0.25) is 4.79 Å². The quantitative estimate of drug-likeness (QED) is 0.573. The average molecular weight is 374 g/mol. The van der Waals surface area contributed by atoms with E-state index >= 15 is 0 Å². The van der Waals surface area contributed by atoms with Crippen LogP contribution in [0, 0.1) is 0 Å². The zero-order valence-corrected chi connectivity index (χ0v) is 13.5. The molecule has 1 aromatic rings. The van der Waals surface area contributed by atoms with Gasteiger partial charge in [0.1, 0.15) is 0 Å². The maximum atomic E-state index is 12.6. The Labute approximate surface area is 139 Å². The Bertz CT molecular complexity index is 569. The van der Waals surface area contributed by atoms with Gasteiger partial charge in [-0.25, -0.2) is 0 Å². The van der Waals surface area contributed by atoms with Gasteiger partial charge in [-0.1, -0.05) is 11.6 Å². The first kappa shape index (κ1) is 20.0. The van der Waals surface area contributed by atoms with Crippen LogP contribution in [0.4, 0.5) is 18.9 Å². The lowest BCUT2D eigenvalue weighted by Crippen LogP contribution is -2.52. The van der Waals surface area contributed by atoms with Crippen LogP contribution in [0.1, 0.15) is 6.92 Å². The molecule has 0 spiro atoms. The molecule has 130 valence electrons. The maximum Gasteiger partial charge on any atom is 0.426 e. The second kappa shape index (κ2) is 7.71. The smallest absolute Gasteiger partial charge is 0.394 e. The topological polar surface area (TPSA) is 89.8 Å². The van der Waals surface area contributed by atoms with Crippen LogP contribution in [0.2, 0.25) is 5.02 Å². The standard InChI is InChI=1S/C13H15ClF3NO4S/c1-12(22,13(15,16)17)11(21)18-10-3-2-8(4-9(10)14)23-6-7(20)5-19/h2-4,7,19-20,22H,5-6H2,1H3,(H,18,21). The molecular weight excluding hydrogens is 359 g/mol. The van der Waals surface area contributed by atoms with Crippen LogP contribution in [-0.4, -0.2) is 51.5 Å². The molecule has 1 amide bonds. The number of thioether (sulfide) groups is 1. The summed E-state index contributed by atoms with van der Waals surface area (Å²) in [5, 5.41) is 29.1. The van der Waals surface area contributed by atoms with Gasteiger partial charge in [0.15, 0.2) is 0 Å². The van der Waals surface area contributed by atoms with Crippen molar-refractivity contribution in [3.8, 4) is 0 Å². The summed E-state index contributed by atoms with van der Waals surface area (Å²) in [7, 11) is 0. The van der Waals surface area contributed by atoms with Crippen molar-refractivity contribution in [1.82, 2.24) is 0 Å². The summed E-state index contributed by atoms with van der Waals surface area (Å²) in [4.78, 5) is 12.2. The Balaban J connectivity index is 2.81. The van der Waals surface area contributed by atoms with Crippen molar-refractivity contribution in [2.45, 2.75) is 29.7 Å². The fourth-order valence-electron chi connectivity index (χ4n) is 1.30. The van der Waals surface area contributed by atoms with Gasteiger partial charge in [-0.15, -0.1) is 11.8 Å². The average Bonchev–Trinajstić information content (AvgIpc) is 2.45. The number of amides is 1. The zero-order chi connectivity index (χ0) is 17.8. The molecule has 5 nitrogen and oxygen atoms in total. The van der Waals surface area contributed by atoms with E-state index in [4.69, 9.17) is 16.7 Å². The number of carbonyl (C=O) groups excluding carboxylic acids is 1. The molecule has 4 N–H and O–H groups in total. The van der Waals surface area contributed by atoms with Gasteiger partial charge < -0.3 is 20.6 Å². The van der Waals surface area contributed by atoms with Crippen molar-refractivity contribution in [2.24, 2.45) is 0 Å². The van der Waals surface area contributed by atoms with Crippen LogP contribution in [0.5, 0.6) is 0 Å². The van der Waals surface area contributed by atoms with Gasteiger partial charge in [0.05, 0.1) is 23.4 Å². The lowest BCUT2D eigenvalue weighted by molar-refractivity contribution is -0.242. The highest BCUT2D eigenvalue weighted by atomic mass is 35.5. The monoisotopic (exact) mass is 373 g/mol. The van der Waals surface area contributed by atoms with Gasteiger partial charge in [-0.05, 0) is 25.1 Å². The summed E-state index contributed by atoms with van der Waals surface area (Å²) in [6, 6.07) is 4.13. The third-order valence-electron chi connectivity index (χ3n) is 2.84. The summed E-state index contributed by atoms with van der Waals surface area (Å²) in [6.07, 6.45) is -6.04. The third-order valence-corrected chi connectivity index (χ3v) is 4.29. The van der Waals surface area contributed by atoms with Crippen LogP contribution >= 0.6 is 23.4 Å². The molecule has 2 unspecified atom stereocenters. The number of hydrogen-bond acceptors (Lipinski definition) is 5. The summed E-state index contributed by atoms with van der Waals surface area (Å²) >= 11 is 7.05.